The summed E-state index contributed by atoms with van der Waals surface area (Å²) >= 11 is 0. The fourth-order valence-corrected chi connectivity index (χ4v) is 1.30. The van der Waals surface area contributed by atoms with Crippen molar-refractivity contribution in [2.75, 3.05) is 0 Å². The van der Waals surface area contributed by atoms with Crippen molar-refractivity contribution in [2.45, 2.75) is 13.5 Å². The number of aryl methyl sites for hydroxylation is 1. The summed E-state index contributed by atoms with van der Waals surface area (Å²) in [5, 5.41) is 13.3. The third-order valence-corrected chi connectivity index (χ3v) is 2.02. The predicted octanol–water partition coefficient (Wildman–Crippen LogP) is 1.07. The van der Waals surface area contributed by atoms with Gasteiger partial charge in [0.2, 0.25) is 0 Å². The number of hydrogen-bond donors (Lipinski definition) is 1. The van der Waals surface area contributed by atoms with E-state index in [0.717, 1.165) is 16.8 Å². The van der Waals surface area contributed by atoms with Gasteiger partial charge in [-0.3, -0.25) is 4.98 Å². The molecule has 2 aromatic rings. The molecule has 0 bridgehead atoms. The van der Waals surface area contributed by atoms with Gasteiger partial charge in [-0.1, -0.05) is 0 Å². The Morgan fingerprint density at radius 1 is 1.43 bits per heavy atom. The lowest BCUT2D eigenvalue weighted by Crippen LogP contribution is -2.00. The number of aliphatic hydroxyl groups excluding tert-OH is 1. The number of rotatable bonds is 2. The van der Waals surface area contributed by atoms with Crippen molar-refractivity contribution in [3.05, 3.63) is 42.0 Å². The minimum atomic E-state index is -0.00321. The molecule has 0 saturated heterocycles. The third kappa shape index (κ3) is 1.52. The molecular formula is C10H11N3O. The Bertz CT molecular complexity index is 436. The van der Waals surface area contributed by atoms with Gasteiger partial charge in [0.25, 0.3) is 0 Å². The topological polar surface area (TPSA) is 50.9 Å². The molecular weight excluding hydrogens is 178 g/mol. The molecule has 2 heterocycles. The fourth-order valence-electron chi connectivity index (χ4n) is 1.30. The second-order valence-electron chi connectivity index (χ2n) is 3.12. The smallest absolute Gasteiger partial charge is 0.0883 e. The Kier molecular flexibility index (Phi) is 2.28. The summed E-state index contributed by atoms with van der Waals surface area (Å²) < 4.78 is 1.72. The lowest BCUT2D eigenvalue weighted by molar-refractivity contribution is 0.281. The molecule has 0 spiro atoms. The van der Waals surface area contributed by atoms with E-state index in [1.807, 2.05) is 13.1 Å². The molecule has 72 valence electrons. The zero-order chi connectivity index (χ0) is 9.97. The minimum Gasteiger partial charge on any atom is -0.392 e. The average Bonchev–Trinajstić information content (AvgIpc) is 2.65. The van der Waals surface area contributed by atoms with Gasteiger partial charge in [-0.25, -0.2) is 4.68 Å². The normalized spacial score (nSPS) is 10.4. The molecule has 0 aromatic carbocycles. The lowest BCUT2D eigenvalue weighted by Gasteiger charge is -2.05. The van der Waals surface area contributed by atoms with Gasteiger partial charge < -0.3 is 5.11 Å². The van der Waals surface area contributed by atoms with Crippen molar-refractivity contribution in [1.82, 2.24) is 14.8 Å². The fraction of sp³-hybridized carbons (Fsp3) is 0.200. The standard InChI is InChI=1S/C10H11N3O/c1-8-4-12-13(6-8)10-5-11-3-2-9(10)7-14/h2-6,14H,7H2,1H3. The van der Waals surface area contributed by atoms with Gasteiger partial charge in [-0.05, 0) is 18.6 Å². The van der Waals surface area contributed by atoms with E-state index < -0.39 is 0 Å². The molecule has 1 N–H and O–H groups in total. The van der Waals surface area contributed by atoms with Gasteiger partial charge in [0, 0.05) is 18.0 Å². The summed E-state index contributed by atoms with van der Waals surface area (Å²) in [6, 6.07) is 1.78. The van der Waals surface area contributed by atoms with Crippen LogP contribution in [0.4, 0.5) is 0 Å². The lowest BCUT2D eigenvalue weighted by atomic mass is 10.2. The minimum absolute atomic E-state index is 0.00321. The zero-order valence-corrected chi connectivity index (χ0v) is 7.88. The Balaban J connectivity index is 2.50. The van der Waals surface area contributed by atoms with Gasteiger partial charge >= 0.3 is 0 Å². The van der Waals surface area contributed by atoms with Gasteiger partial charge in [-0.15, -0.1) is 0 Å². The molecule has 0 radical (unpaired) electrons. The third-order valence-electron chi connectivity index (χ3n) is 2.02. The maximum absolute atomic E-state index is 9.12. The Hall–Kier alpha value is -1.68. The number of hydrogen-bond acceptors (Lipinski definition) is 3. The van der Waals surface area contributed by atoms with Gasteiger partial charge in [0.15, 0.2) is 0 Å². The number of aliphatic hydroxyl groups is 1. The Morgan fingerprint density at radius 3 is 2.93 bits per heavy atom. The van der Waals surface area contributed by atoms with E-state index in [1.165, 1.54) is 0 Å². The first-order valence-electron chi connectivity index (χ1n) is 4.36. The first kappa shape index (κ1) is 8.90. The molecule has 0 aliphatic carbocycles. The van der Waals surface area contributed by atoms with Gasteiger partial charge in [-0.2, -0.15) is 5.10 Å². The summed E-state index contributed by atoms with van der Waals surface area (Å²) in [6.07, 6.45) is 7.02. The maximum Gasteiger partial charge on any atom is 0.0883 e. The van der Waals surface area contributed by atoms with E-state index in [1.54, 1.807) is 29.3 Å². The Morgan fingerprint density at radius 2 is 2.29 bits per heavy atom. The van der Waals surface area contributed by atoms with Crippen LogP contribution in [-0.4, -0.2) is 19.9 Å². The quantitative estimate of drug-likeness (QED) is 0.768. The van der Waals surface area contributed by atoms with E-state index in [9.17, 15) is 0 Å². The maximum atomic E-state index is 9.12. The molecule has 2 rings (SSSR count). The van der Waals surface area contributed by atoms with Gasteiger partial charge in [0.05, 0.1) is 24.7 Å². The molecule has 4 nitrogen and oxygen atoms in total. The molecule has 14 heavy (non-hydrogen) atoms. The van der Waals surface area contributed by atoms with Crippen molar-refractivity contribution in [1.29, 1.82) is 0 Å². The number of pyridine rings is 1. The van der Waals surface area contributed by atoms with Crippen LogP contribution >= 0.6 is 0 Å². The van der Waals surface area contributed by atoms with Crippen LogP contribution in [0.2, 0.25) is 0 Å². The van der Waals surface area contributed by atoms with E-state index in [-0.39, 0.29) is 6.61 Å². The first-order valence-corrected chi connectivity index (χ1v) is 4.36. The average molecular weight is 189 g/mol. The van der Waals surface area contributed by atoms with Crippen LogP contribution < -0.4 is 0 Å². The molecule has 0 amide bonds. The van der Waals surface area contributed by atoms with Crippen molar-refractivity contribution >= 4 is 0 Å². The molecule has 0 aliphatic heterocycles. The summed E-state index contributed by atoms with van der Waals surface area (Å²) in [5.74, 6) is 0. The molecule has 0 atom stereocenters. The highest BCUT2D eigenvalue weighted by Crippen LogP contribution is 2.12. The Labute approximate surface area is 81.8 Å². The second kappa shape index (κ2) is 3.59. The van der Waals surface area contributed by atoms with Crippen molar-refractivity contribution < 1.29 is 5.11 Å². The molecule has 2 aromatic heterocycles. The molecule has 0 saturated carbocycles. The summed E-state index contributed by atoms with van der Waals surface area (Å²) in [5.41, 5.74) is 2.73. The highest BCUT2D eigenvalue weighted by atomic mass is 16.3. The van der Waals surface area contributed by atoms with E-state index in [4.69, 9.17) is 5.11 Å². The monoisotopic (exact) mass is 189 g/mol. The largest absolute Gasteiger partial charge is 0.392 e. The van der Waals surface area contributed by atoms with Crippen molar-refractivity contribution in [2.24, 2.45) is 0 Å². The zero-order valence-electron chi connectivity index (χ0n) is 7.88. The van der Waals surface area contributed by atoms with E-state index in [0.29, 0.717) is 0 Å². The van der Waals surface area contributed by atoms with Crippen LogP contribution in [0.15, 0.2) is 30.9 Å². The van der Waals surface area contributed by atoms with Crippen LogP contribution in [0.25, 0.3) is 5.69 Å². The van der Waals surface area contributed by atoms with Crippen LogP contribution in [0.5, 0.6) is 0 Å². The van der Waals surface area contributed by atoms with Crippen LogP contribution in [0.1, 0.15) is 11.1 Å². The first-order chi connectivity index (χ1) is 6.81. The van der Waals surface area contributed by atoms with Gasteiger partial charge in [0.1, 0.15) is 0 Å². The highest BCUT2D eigenvalue weighted by molar-refractivity contribution is 5.37. The van der Waals surface area contributed by atoms with E-state index in [2.05, 4.69) is 10.1 Å². The number of nitrogens with zero attached hydrogens (tertiary/aromatic N) is 3. The molecule has 0 unspecified atom stereocenters. The van der Waals surface area contributed by atoms with E-state index >= 15 is 0 Å². The predicted molar refractivity (Wildman–Crippen MR) is 52.0 cm³/mol. The summed E-state index contributed by atoms with van der Waals surface area (Å²) in [7, 11) is 0. The molecule has 0 aliphatic rings. The molecule has 4 heteroatoms. The van der Waals surface area contributed by atoms with Crippen LogP contribution in [0.3, 0.4) is 0 Å². The number of aromatic nitrogens is 3. The van der Waals surface area contributed by atoms with Crippen LogP contribution in [0, 0.1) is 6.92 Å². The van der Waals surface area contributed by atoms with Crippen LogP contribution in [-0.2, 0) is 6.61 Å². The summed E-state index contributed by atoms with van der Waals surface area (Å²) in [6.45, 7) is 1.97. The van der Waals surface area contributed by atoms with Crippen molar-refractivity contribution in [3.63, 3.8) is 0 Å². The van der Waals surface area contributed by atoms with Crippen molar-refractivity contribution in [3.8, 4) is 5.69 Å². The second-order valence-corrected chi connectivity index (χ2v) is 3.12. The highest BCUT2D eigenvalue weighted by Gasteiger charge is 2.03. The summed E-state index contributed by atoms with van der Waals surface area (Å²) in [4.78, 5) is 4.01. The SMILES string of the molecule is Cc1cnn(-c2cnccc2CO)c1. The molecule has 0 fully saturated rings.